The van der Waals surface area contributed by atoms with Crippen LogP contribution in [0.4, 0.5) is 15.2 Å². The van der Waals surface area contributed by atoms with Gasteiger partial charge in [-0.1, -0.05) is 59.0 Å². The van der Waals surface area contributed by atoms with Gasteiger partial charge in [-0.15, -0.1) is 0 Å². The number of carbonyl (C=O) groups is 2. The predicted octanol–water partition coefficient (Wildman–Crippen LogP) is 5.26. The second-order valence-electron chi connectivity index (χ2n) is 7.96. The molecule has 8 nitrogen and oxygen atoms in total. The van der Waals surface area contributed by atoms with Crippen LogP contribution in [0.15, 0.2) is 83.4 Å². The van der Waals surface area contributed by atoms with Gasteiger partial charge in [0, 0.05) is 23.7 Å². The van der Waals surface area contributed by atoms with Gasteiger partial charge < -0.3 is 20.3 Å². The summed E-state index contributed by atoms with van der Waals surface area (Å²) in [6, 6.07) is 21.1. The minimum absolute atomic E-state index is 0.0896. The van der Waals surface area contributed by atoms with Crippen LogP contribution in [0.5, 0.6) is 0 Å². The van der Waals surface area contributed by atoms with Crippen LogP contribution in [-0.2, 0) is 11.2 Å². The molecule has 1 amide bonds. The van der Waals surface area contributed by atoms with Gasteiger partial charge >= 0.3 is 5.97 Å². The molecule has 1 atom stereocenters. The lowest BCUT2D eigenvalue weighted by Crippen LogP contribution is -2.42. The zero-order chi connectivity index (χ0) is 25.1. The lowest BCUT2D eigenvalue weighted by molar-refractivity contribution is -0.139. The average molecular weight is 503 g/mol. The standard InChI is InChI=1S/C26H19FN4O4S/c27-17-8-11-19-23(13-17)36-26(30-19)28-18-9-6-16(7-10-18)20-14-22(35-31-20)24(32)29-21(25(33)34)12-15-4-2-1-3-5-15/h1-11,13-14,21H,12H2,(H,28,30)(H,29,32)(H,33,34)/t21-/m0/s1. The summed E-state index contributed by atoms with van der Waals surface area (Å²) >= 11 is 1.34. The number of nitrogens with one attached hydrogen (secondary N) is 2. The van der Waals surface area contributed by atoms with Gasteiger partial charge in [0.15, 0.2) is 5.13 Å². The maximum atomic E-state index is 13.4. The fourth-order valence-electron chi connectivity index (χ4n) is 3.60. The topological polar surface area (TPSA) is 117 Å². The summed E-state index contributed by atoms with van der Waals surface area (Å²) in [5.41, 5.74) is 3.40. The Morgan fingerprint density at radius 1 is 1.03 bits per heavy atom. The number of carboxylic acids is 1. The third-order valence-corrected chi connectivity index (χ3v) is 6.34. The Bertz CT molecular complexity index is 1530. The highest BCUT2D eigenvalue weighted by molar-refractivity contribution is 7.22. The first kappa shape index (κ1) is 23.2. The van der Waals surface area contributed by atoms with Crippen molar-refractivity contribution in [2.24, 2.45) is 0 Å². The summed E-state index contributed by atoms with van der Waals surface area (Å²) in [6.07, 6.45) is 0.140. The zero-order valence-corrected chi connectivity index (χ0v) is 19.5. The number of aromatic nitrogens is 2. The number of fused-ring (bicyclic) bond motifs is 1. The predicted molar refractivity (Wildman–Crippen MR) is 134 cm³/mol. The summed E-state index contributed by atoms with van der Waals surface area (Å²) in [7, 11) is 0. The van der Waals surface area contributed by atoms with E-state index in [-0.39, 0.29) is 18.0 Å². The van der Waals surface area contributed by atoms with Crippen LogP contribution in [0, 0.1) is 5.82 Å². The Balaban J connectivity index is 1.25. The number of hydrogen-bond donors (Lipinski definition) is 3. The minimum Gasteiger partial charge on any atom is -0.480 e. The van der Waals surface area contributed by atoms with E-state index in [1.807, 2.05) is 18.2 Å². The summed E-state index contributed by atoms with van der Waals surface area (Å²) in [5, 5.41) is 19.8. The molecule has 2 aromatic heterocycles. The quantitative estimate of drug-likeness (QED) is 0.265. The van der Waals surface area contributed by atoms with Crippen molar-refractivity contribution in [3.63, 3.8) is 0 Å². The first-order chi connectivity index (χ1) is 17.4. The molecule has 0 spiro atoms. The molecule has 0 radical (unpaired) electrons. The van der Waals surface area contributed by atoms with E-state index in [1.165, 1.54) is 29.5 Å². The lowest BCUT2D eigenvalue weighted by atomic mass is 10.1. The number of thiazole rings is 1. The second-order valence-corrected chi connectivity index (χ2v) is 8.99. The largest absolute Gasteiger partial charge is 0.480 e. The van der Waals surface area contributed by atoms with Crippen LogP contribution in [0.3, 0.4) is 0 Å². The van der Waals surface area contributed by atoms with Crippen molar-refractivity contribution in [3.8, 4) is 11.3 Å². The van der Waals surface area contributed by atoms with Gasteiger partial charge in [-0.25, -0.2) is 14.2 Å². The van der Waals surface area contributed by atoms with E-state index in [2.05, 4.69) is 20.8 Å². The number of benzene rings is 3. The van der Waals surface area contributed by atoms with Crippen molar-refractivity contribution in [2.45, 2.75) is 12.5 Å². The van der Waals surface area contributed by atoms with E-state index >= 15 is 0 Å². The molecule has 0 aliphatic rings. The van der Waals surface area contributed by atoms with Gasteiger partial charge in [-0.05, 0) is 35.9 Å². The van der Waals surface area contributed by atoms with Crippen molar-refractivity contribution in [1.29, 1.82) is 0 Å². The Morgan fingerprint density at radius 2 is 1.81 bits per heavy atom. The van der Waals surface area contributed by atoms with Crippen LogP contribution in [0.25, 0.3) is 21.5 Å². The van der Waals surface area contributed by atoms with Crippen molar-refractivity contribution >= 4 is 44.2 Å². The SMILES string of the molecule is O=C(N[C@@H](Cc1ccccc1)C(=O)O)c1cc(-c2ccc(Nc3nc4ccc(F)cc4s3)cc2)no1. The molecule has 0 saturated heterocycles. The van der Waals surface area contributed by atoms with Gasteiger partial charge in [0.2, 0.25) is 5.76 Å². The van der Waals surface area contributed by atoms with Gasteiger partial charge in [-0.3, -0.25) is 4.79 Å². The molecule has 10 heteroatoms. The summed E-state index contributed by atoms with van der Waals surface area (Å²) < 4.78 is 19.3. The Kier molecular flexibility index (Phi) is 6.42. The first-order valence-electron chi connectivity index (χ1n) is 10.9. The molecule has 0 saturated carbocycles. The molecule has 36 heavy (non-hydrogen) atoms. The number of nitrogens with zero attached hydrogens (tertiary/aromatic N) is 2. The summed E-state index contributed by atoms with van der Waals surface area (Å²) in [4.78, 5) is 28.7. The van der Waals surface area contributed by atoms with E-state index in [4.69, 9.17) is 4.52 Å². The van der Waals surface area contributed by atoms with E-state index < -0.39 is 17.9 Å². The number of anilines is 2. The molecule has 3 aromatic carbocycles. The molecule has 0 bridgehead atoms. The fraction of sp³-hybridized carbons (Fsp3) is 0.0769. The highest BCUT2D eigenvalue weighted by atomic mass is 32.1. The fourth-order valence-corrected chi connectivity index (χ4v) is 4.51. The molecule has 3 N–H and O–H groups in total. The van der Waals surface area contributed by atoms with Crippen molar-refractivity contribution in [1.82, 2.24) is 15.5 Å². The minimum atomic E-state index is -1.15. The van der Waals surface area contributed by atoms with Crippen molar-refractivity contribution in [2.75, 3.05) is 5.32 Å². The van der Waals surface area contributed by atoms with Crippen LogP contribution in [0.1, 0.15) is 16.1 Å². The number of amides is 1. The van der Waals surface area contributed by atoms with Crippen LogP contribution in [-0.4, -0.2) is 33.2 Å². The number of hydrogen-bond acceptors (Lipinski definition) is 7. The molecule has 2 heterocycles. The lowest BCUT2D eigenvalue weighted by Gasteiger charge is -2.13. The number of rotatable bonds is 8. The Labute approximate surface area is 208 Å². The highest BCUT2D eigenvalue weighted by Crippen LogP contribution is 2.29. The Hall–Kier alpha value is -4.57. The van der Waals surface area contributed by atoms with Crippen LogP contribution < -0.4 is 10.6 Å². The maximum Gasteiger partial charge on any atom is 0.326 e. The second kappa shape index (κ2) is 9.96. The number of carboxylic acid groups (broad SMARTS) is 1. The highest BCUT2D eigenvalue weighted by Gasteiger charge is 2.23. The monoisotopic (exact) mass is 502 g/mol. The van der Waals surface area contributed by atoms with Crippen LogP contribution in [0.2, 0.25) is 0 Å². The number of aliphatic carboxylic acids is 1. The third-order valence-electron chi connectivity index (χ3n) is 5.40. The third kappa shape index (κ3) is 5.23. The van der Waals surface area contributed by atoms with E-state index in [0.29, 0.717) is 21.9 Å². The smallest absolute Gasteiger partial charge is 0.326 e. The molecule has 5 aromatic rings. The Morgan fingerprint density at radius 3 is 2.56 bits per heavy atom. The normalized spacial score (nSPS) is 11.8. The molecule has 180 valence electrons. The molecule has 5 rings (SSSR count). The molecule has 0 fully saturated rings. The molecular weight excluding hydrogens is 483 g/mol. The molecular formula is C26H19FN4O4S. The number of carbonyl (C=O) groups excluding carboxylic acids is 1. The number of halogens is 1. The summed E-state index contributed by atoms with van der Waals surface area (Å²) in [5.74, 6) is -2.21. The van der Waals surface area contributed by atoms with Crippen molar-refractivity contribution < 1.29 is 23.6 Å². The zero-order valence-electron chi connectivity index (χ0n) is 18.6. The molecule has 0 unspecified atom stereocenters. The maximum absolute atomic E-state index is 13.4. The van der Waals surface area contributed by atoms with Gasteiger partial charge in [-0.2, -0.15) is 0 Å². The summed E-state index contributed by atoms with van der Waals surface area (Å²) in [6.45, 7) is 0. The van der Waals surface area contributed by atoms with Crippen LogP contribution >= 0.6 is 11.3 Å². The van der Waals surface area contributed by atoms with E-state index in [1.54, 1.807) is 42.5 Å². The van der Waals surface area contributed by atoms with Gasteiger partial charge in [0.25, 0.3) is 5.91 Å². The molecule has 0 aliphatic carbocycles. The molecule has 0 aliphatic heterocycles. The average Bonchev–Trinajstić information content (AvgIpc) is 3.52. The van der Waals surface area contributed by atoms with E-state index in [9.17, 15) is 19.1 Å². The van der Waals surface area contributed by atoms with Crippen molar-refractivity contribution in [3.05, 3.63) is 96.0 Å². The van der Waals surface area contributed by atoms with Gasteiger partial charge in [0.05, 0.1) is 10.2 Å². The van der Waals surface area contributed by atoms with E-state index in [0.717, 1.165) is 16.0 Å². The van der Waals surface area contributed by atoms with Gasteiger partial charge in [0.1, 0.15) is 17.6 Å². The first-order valence-corrected chi connectivity index (χ1v) is 11.7.